The van der Waals surface area contributed by atoms with Crippen LogP contribution >= 0.6 is 15.9 Å². The van der Waals surface area contributed by atoms with Crippen molar-refractivity contribution in [2.24, 2.45) is 0 Å². The second-order valence-corrected chi connectivity index (χ2v) is 5.70. The van der Waals surface area contributed by atoms with Crippen LogP contribution in [0.4, 0.5) is 14.6 Å². The molecular weight excluding hydrogens is 356 g/mol. The molecule has 3 aromatic rings. The average Bonchev–Trinajstić information content (AvgIpc) is 2.48. The summed E-state index contributed by atoms with van der Waals surface area (Å²) < 4.78 is 27.7. The SMILES string of the molecule is Cc1[nH]c(=O)c2ccc(-c3cc(Br)c(F)nc3N)cc2c1F. The van der Waals surface area contributed by atoms with Gasteiger partial charge in [0.25, 0.3) is 5.56 Å². The summed E-state index contributed by atoms with van der Waals surface area (Å²) in [7, 11) is 0. The Bertz CT molecular complexity index is 969. The van der Waals surface area contributed by atoms with Crippen LogP contribution in [0.1, 0.15) is 5.69 Å². The zero-order valence-corrected chi connectivity index (χ0v) is 13.0. The molecule has 112 valence electrons. The summed E-state index contributed by atoms with van der Waals surface area (Å²) in [5.74, 6) is -1.24. The lowest BCUT2D eigenvalue weighted by atomic mass is 10.0. The normalized spacial score (nSPS) is 11.1. The van der Waals surface area contributed by atoms with E-state index in [9.17, 15) is 13.6 Å². The van der Waals surface area contributed by atoms with E-state index < -0.39 is 11.8 Å². The van der Waals surface area contributed by atoms with Crippen molar-refractivity contribution >= 4 is 32.5 Å². The minimum absolute atomic E-state index is 0.0120. The highest BCUT2D eigenvalue weighted by atomic mass is 79.9. The van der Waals surface area contributed by atoms with Gasteiger partial charge in [-0.15, -0.1) is 0 Å². The van der Waals surface area contributed by atoms with Crippen LogP contribution in [-0.4, -0.2) is 9.97 Å². The lowest BCUT2D eigenvalue weighted by Crippen LogP contribution is -2.10. The molecule has 0 atom stereocenters. The molecule has 0 radical (unpaired) electrons. The van der Waals surface area contributed by atoms with Gasteiger partial charge in [-0.2, -0.15) is 4.39 Å². The number of rotatable bonds is 1. The monoisotopic (exact) mass is 365 g/mol. The molecule has 3 rings (SSSR count). The molecule has 0 aliphatic carbocycles. The first-order chi connectivity index (χ1) is 10.4. The number of nitrogens with one attached hydrogen (secondary N) is 1. The van der Waals surface area contributed by atoms with Gasteiger partial charge in [0, 0.05) is 16.3 Å². The van der Waals surface area contributed by atoms with Crippen LogP contribution in [0.5, 0.6) is 0 Å². The molecular formula is C15H10BrF2N3O. The Morgan fingerprint density at radius 3 is 2.68 bits per heavy atom. The van der Waals surface area contributed by atoms with E-state index in [0.29, 0.717) is 11.1 Å². The fourth-order valence-electron chi connectivity index (χ4n) is 2.30. The van der Waals surface area contributed by atoms with Gasteiger partial charge in [-0.1, -0.05) is 6.07 Å². The van der Waals surface area contributed by atoms with Gasteiger partial charge in [0.15, 0.2) is 0 Å². The maximum atomic E-state index is 14.2. The van der Waals surface area contributed by atoms with E-state index in [4.69, 9.17) is 5.73 Å². The van der Waals surface area contributed by atoms with Gasteiger partial charge in [0.2, 0.25) is 5.95 Å². The van der Waals surface area contributed by atoms with Crippen LogP contribution in [0.2, 0.25) is 0 Å². The van der Waals surface area contributed by atoms with E-state index in [1.165, 1.54) is 25.1 Å². The van der Waals surface area contributed by atoms with Gasteiger partial charge in [0.05, 0.1) is 10.2 Å². The van der Waals surface area contributed by atoms with Crippen molar-refractivity contribution in [3.63, 3.8) is 0 Å². The molecule has 0 saturated carbocycles. The summed E-state index contributed by atoms with van der Waals surface area (Å²) in [5.41, 5.74) is 6.51. The summed E-state index contributed by atoms with van der Waals surface area (Å²) in [4.78, 5) is 17.9. The van der Waals surface area contributed by atoms with Crippen LogP contribution in [0.25, 0.3) is 21.9 Å². The molecule has 0 fully saturated rings. The Hall–Kier alpha value is -2.28. The van der Waals surface area contributed by atoms with Gasteiger partial charge in [-0.25, -0.2) is 9.37 Å². The Morgan fingerprint density at radius 1 is 1.23 bits per heavy atom. The van der Waals surface area contributed by atoms with E-state index in [2.05, 4.69) is 25.9 Å². The molecule has 22 heavy (non-hydrogen) atoms. The van der Waals surface area contributed by atoms with Gasteiger partial charge in [-0.05, 0) is 46.6 Å². The summed E-state index contributed by atoms with van der Waals surface area (Å²) >= 11 is 3.04. The molecule has 4 nitrogen and oxygen atoms in total. The number of nitrogens with two attached hydrogens (primary N) is 1. The number of nitrogen functional groups attached to an aromatic ring is 1. The first-order valence-electron chi connectivity index (χ1n) is 6.32. The Kier molecular flexibility index (Phi) is 3.44. The molecule has 0 aliphatic heterocycles. The van der Waals surface area contributed by atoms with Gasteiger partial charge in [-0.3, -0.25) is 4.79 Å². The zero-order valence-electron chi connectivity index (χ0n) is 11.4. The van der Waals surface area contributed by atoms with Gasteiger partial charge >= 0.3 is 0 Å². The Morgan fingerprint density at radius 2 is 1.95 bits per heavy atom. The Labute approximate surface area is 132 Å². The molecule has 1 aromatic carbocycles. The number of aromatic nitrogens is 2. The topological polar surface area (TPSA) is 71.8 Å². The number of benzene rings is 1. The number of nitrogens with zero attached hydrogens (tertiary/aromatic N) is 1. The second kappa shape index (κ2) is 5.17. The van der Waals surface area contributed by atoms with Crippen LogP contribution in [-0.2, 0) is 0 Å². The molecule has 0 unspecified atom stereocenters. The first-order valence-corrected chi connectivity index (χ1v) is 7.12. The largest absolute Gasteiger partial charge is 0.383 e. The minimum atomic E-state index is -0.722. The number of hydrogen-bond donors (Lipinski definition) is 2. The van der Waals surface area contributed by atoms with Crippen LogP contribution in [0.15, 0.2) is 33.5 Å². The smallest absolute Gasteiger partial charge is 0.256 e. The van der Waals surface area contributed by atoms with Crippen molar-refractivity contribution in [3.8, 4) is 11.1 Å². The molecule has 0 aliphatic rings. The van der Waals surface area contributed by atoms with Crippen LogP contribution in [0, 0.1) is 18.7 Å². The summed E-state index contributed by atoms with van der Waals surface area (Å²) in [5, 5.41) is 0.415. The number of fused-ring (bicyclic) bond motifs is 1. The van der Waals surface area contributed by atoms with Crippen molar-refractivity contribution in [1.82, 2.24) is 9.97 Å². The molecule has 0 saturated heterocycles. The van der Waals surface area contributed by atoms with Gasteiger partial charge < -0.3 is 10.7 Å². The molecule has 2 aromatic heterocycles. The summed E-state index contributed by atoms with van der Waals surface area (Å²) in [6.45, 7) is 1.48. The van der Waals surface area contributed by atoms with Gasteiger partial charge in [0.1, 0.15) is 11.6 Å². The van der Waals surface area contributed by atoms with Crippen LogP contribution in [0.3, 0.4) is 0 Å². The predicted molar refractivity (Wildman–Crippen MR) is 84.6 cm³/mol. The van der Waals surface area contributed by atoms with E-state index in [0.717, 1.165) is 0 Å². The number of halogens is 3. The van der Waals surface area contributed by atoms with Crippen molar-refractivity contribution < 1.29 is 8.78 Å². The van der Waals surface area contributed by atoms with E-state index in [-0.39, 0.29) is 32.3 Å². The minimum Gasteiger partial charge on any atom is -0.383 e. The molecule has 3 N–H and O–H groups in total. The Balaban J connectivity index is 2.32. The highest BCUT2D eigenvalue weighted by Crippen LogP contribution is 2.31. The molecule has 0 spiro atoms. The summed E-state index contributed by atoms with van der Waals surface area (Å²) in [6.07, 6.45) is 0. The van der Waals surface area contributed by atoms with Crippen molar-refractivity contribution in [2.45, 2.75) is 6.92 Å². The van der Waals surface area contributed by atoms with Crippen molar-refractivity contribution in [2.75, 3.05) is 5.73 Å². The van der Waals surface area contributed by atoms with Crippen molar-refractivity contribution in [1.29, 1.82) is 0 Å². The van der Waals surface area contributed by atoms with E-state index in [1.54, 1.807) is 6.07 Å². The number of hydrogen-bond acceptors (Lipinski definition) is 3. The average molecular weight is 366 g/mol. The lowest BCUT2D eigenvalue weighted by Gasteiger charge is -2.09. The highest BCUT2D eigenvalue weighted by Gasteiger charge is 2.13. The standard InChI is InChI=1S/C15H10BrF2N3O/c1-6-12(17)10-4-7(2-3-8(10)15(22)20-6)9-5-11(16)13(18)21-14(9)19/h2-5H,1H3,(H2,19,21)(H,20,22). The molecule has 0 amide bonds. The first kappa shape index (κ1) is 14.6. The third-order valence-electron chi connectivity index (χ3n) is 3.40. The third-order valence-corrected chi connectivity index (χ3v) is 3.96. The fourth-order valence-corrected chi connectivity index (χ4v) is 2.61. The summed E-state index contributed by atoms with van der Waals surface area (Å²) in [6, 6.07) is 6.09. The predicted octanol–water partition coefficient (Wildman–Crippen LogP) is 3.52. The third kappa shape index (κ3) is 2.27. The maximum Gasteiger partial charge on any atom is 0.256 e. The zero-order chi connectivity index (χ0) is 16.0. The molecule has 2 heterocycles. The molecule has 7 heteroatoms. The highest BCUT2D eigenvalue weighted by molar-refractivity contribution is 9.10. The fraction of sp³-hybridized carbons (Fsp3) is 0.0667. The maximum absolute atomic E-state index is 14.2. The number of pyridine rings is 2. The van der Waals surface area contributed by atoms with E-state index >= 15 is 0 Å². The second-order valence-electron chi connectivity index (χ2n) is 4.85. The van der Waals surface area contributed by atoms with E-state index in [1.807, 2.05) is 0 Å². The molecule has 0 bridgehead atoms. The number of aromatic amines is 1. The quantitative estimate of drug-likeness (QED) is 0.648. The number of anilines is 1. The van der Waals surface area contributed by atoms with Crippen LogP contribution < -0.4 is 11.3 Å². The van der Waals surface area contributed by atoms with Crippen molar-refractivity contribution in [3.05, 3.63) is 56.6 Å². The number of H-pyrrole nitrogens is 1. The number of aryl methyl sites for hydroxylation is 1. The lowest BCUT2D eigenvalue weighted by molar-refractivity contribution is 0.579.